The first-order valence-corrected chi connectivity index (χ1v) is 7.74. The minimum absolute atomic E-state index is 0.619. The zero-order valence-corrected chi connectivity index (χ0v) is 12.0. The lowest BCUT2D eigenvalue weighted by atomic mass is 9.93. The fourth-order valence-electron chi connectivity index (χ4n) is 2.28. The smallest absolute Gasteiger partial charge is 0.0207 e. The van der Waals surface area contributed by atoms with Gasteiger partial charge in [0.2, 0.25) is 0 Å². The van der Waals surface area contributed by atoms with E-state index in [-0.39, 0.29) is 0 Å². The molecule has 0 aromatic heterocycles. The van der Waals surface area contributed by atoms with Gasteiger partial charge in [0.25, 0.3) is 0 Å². The summed E-state index contributed by atoms with van der Waals surface area (Å²) >= 11 is 5.72. The van der Waals surface area contributed by atoms with E-state index in [0.717, 1.165) is 12.3 Å². The summed E-state index contributed by atoms with van der Waals surface area (Å²) in [6.45, 7) is 0. The number of hydrogen-bond donors (Lipinski definition) is 1. The number of halogens is 1. The van der Waals surface area contributed by atoms with E-state index in [2.05, 4.69) is 64.3 Å². The van der Waals surface area contributed by atoms with Crippen LogP contribution >= 0.6 is 27.7 Å². The molecule has 1 aliphatic heterocycles. The molecule has 0 bridgehead atoms. The standard InChI is InChI=1S/C13H18BrNS/c1-15-13(11-6-7-16-9-11)8-10-4-2-3-5-12(10)14/h2-5,11,13,15H,6-9H2,1H3. The Morgan fingerprint density at radius 1 is 1.50 bits per heavy atom. The monoisotopic (exact) mass is 299 g/mol. The van der Waals surface area contributed by atoms with E-state index in [4.69, 9.17) is 0 Å². The lowest BCUT2D eigenvalue weighted by Gasteiger charge is -2.23. The Bertz CT molecular complexity index is 336. The van der Waals surface area contributed by atoms with E-state index < -0.39 is 0 Å². The summed E-state index contributed by atoms with van der Waals surface area (Å²) in [5, 5.41) is 3.49. The van der Waals surface area contributed by atoms with Crippen LogP contribution < -0.4 is 5.32 Å². The van der Waals surface area contributed by atoms with Crippen LogP contribution in [-0.2, 0) is 6.42 Å². The van der Waals surface area contributed by atoms with Gasteiger partial charge in [0.15, 0.2) is 0 Å². The summed E-state index contributed by atoms with van der Waals surface area (Å²) in [5.41, 5.74) is 1.42. The summed E-state index contributed by atoms with van der Waals surface area (Å²) in [7, 11) is 2.09. The first-order valence-electron chi connectivity index (χ1n) is 5.79. The maximum Gasteiger partial charge on any atom is 0.0207 e. The van der Waals surface area contributed by atoms with Gasteiger partial charge in [-0.2, -0.15) is 11.8 Å². The van der Waals surface area contributed by atoms with Crippen molar-refractivity contribution in [3.63, 3.8) is 0 Å². The highest BCUT2D eigenvalue weighted by molar-refractivity contribution is 9.10. The van der Waals surface area contributed by atoms with Gasteiger partial charge < -0.3 is 5.32 Å². The van der Waals surface area contributed by atoms with Crippen LogP contribution in [0.25, 0.3) is 0 Å². The third-order valence-corrected chi connectivity index (χ3v) is 5.26. The molecule has 0 radical (unpaired) electrons. The SMILES string of the molecule is CNC(Cc1ccccc1Br)C1CCSC1. The van der Waals surface area contributed by atoms with Crippen LogP contribution in [0.15, 0.2) is 28.7 Å². The van der Waals surface area contributed by atoms with Gasteiger partial charge in [-0.25, -0.2) is 0 Å². The van der Waals surface area contributed by atoms with E-state index in [0.29, 0.717) is 6.04 Å². The van der Waals surface area contributed by atoms with Crippen LogP contribution in [-0.4, -0.2) is 24.6 Å². The van der Waals surface area contributed by atoms with Crippen LogP contribution in [0.5, 0.6) is 0 Å². The molecule has 88 valence electrons. The van der Waals surface area contributed by atoms with Gasteiger partial charge in [-0.3, -0.25) is 0 Å². The second kappa shape index (κ2) is 6.08. The molecule has 1 aromatic carbocycles. The van der Waals surface area contributed by atoms with Crippen molar-refractivity contribution in [1.82, 2.24) is 5.32 Å². The molecule has 0 spiro atoms. The number of likely N-dealkylation sites (N-methyl/N-ethyl adjacent to an activating group) is 1. The van der Waals surface area contributed by atoms with Crippen LogP contribution in [0.4, 0.5) is 0 Å². The molecule has 0 saturated carbocycles. The molecule has 2 rings (SSSR count). The summed E-state index contributed by atoms with van der Waals surface area (Å²) in [6.07, 6.45) is 2.49. The average molecular weight is 300 g/mol. The Morgan fingerprint density at radius 3 is 2.94 bits per heavy atom. The molecular formula is C13H18BrNS. The van der Waals surface area contributed by atoms with Crippen LogP contribution in [0, 0.1) is 5.92 Å². The van der Waals surface area contributed by atoms with E-state index in [1.165, 1.54) is 28.0 Å². The lowest BCUT2D eigenvalue weighted by molar-refractivity contribution is 0.403. The molecule has 1 aromatic rings. The highest BCUT2D eigenvalue weighted by Gasteiger charge is 2.24. The molecule has 1 saturated heterocycles. The molecule has 0 amide bonds. The van der Waals surface area contributed by atoms with Gasteiger partial charge in [0.05, 0.1) is 0 Å². The molecular weight excluding hydrogens is 282 g/mol. The zero-order chi connectivity index (χ0) is 11.4. The fraction of sp³-hybridized carbons (Fsp3) is 0.538. The average Bonchev–Trinajstić information content (AvgIpc) is 2.81. The van der Waals surface area contributed by atoms with Gasteiger partial charge in [-0.1, -0.05) is 34.1 Å². The highest BCUT2D eigenvalue weighted by atomic mass is 79.9. The Kier molecular flexibility index (Phi) is 4.74. The van der Waals surface area contributed by atoms with Crippen molar-refractivity contribution in [3.05, 3.63) is 34.3 Å². The second-order valence-electron chi connectivity index (χ2n) is 4.31. The minimum atomic E-state index is 0.619. The van der Waals surface area contributed by atoms with Crippen LogP contribution in [0.3, 0.4) is 0 Å². The molecule has 2 unspecified atom stereocenters. The maximum absolute atomic E-state index is 3.63. The number of benzene rings is 1. The zero-order valence-electron chi connectivity index (χ0n) is 9.58. The Morgan fingerprint density at radius 2 is 2.31 bits per heavy atom. The van der Waals surface area contributed by atoms with Gasteiger partial charge in [0, 0.05) is 10.5 Å². The van der Waals surface area contributed by atoms with E-state index in [9.17, 15) is 0 Å². The number of thioether (sulfide) groups is 1. The Balaban J connectivity index is 2.03. The van der Waals surface area contributed by atoms with E-state index in [1.54, 1.807) is 0 Å². The Hall–Kier alpha value is 0.01000. The molecule has 3 heteroatoms. The highest BCUT2D eigenvalue weighted by Crippen LogP contribution is 2.28. The molecule has 16 heavy (non-hydrogen) atoms. The van der Waals surface area contributed by atoms with Gasteiger partial charge in [-0.05, 0) is 48.9 Å². The molecule has 2 atom stereocenters. The maximum atomic E-state index is 3.63. The fourth-order valence-corrected chi connectivity index (χ4v) is 4.06. The summed E-state index contributed by atoms with van der Waals surface area (Å²) in [6, 6.07) is 9.17. The van der Waals surface area contributed by atoms with Crippen molar-refractivity contribution in [2.45, 2.75) is 18.9 Å². The predicted molar refractivity (Wildman–Crippen MR) is 76.1 cm³/mol. The third kappa shape index (κ3) is 3.02. The van der Waals surface area contributed by atoms with Crippen molar-refractivity contribution in [2.75, 3.05) is 18.6 Å². The number of nitrogens with one attached hydrogen (secondary N) is 1. The van der Waals surface area contributed by atoms with Crippen molar-refractivity contribution >= 4 is 27.7 Å². The van der Waals surface area contributed by atoms with Gasteiger partial charge in [0.1, 0.15) is 0 Å². The largest absolute Gasteiger partial charge is 0.316 e. The molecule has 1 N–H and O–H groups in total. The molecule has 1 heterocycles. The predicted octanol–water partition coefficient (Wildman–Crippen LogP) is 3.33. The molecule has 1 fully saturated rings. The minimum Gasteiger partial charge on any atom is -0.316 e. The van der Waals surface area contributed by atoms with Crippen LogP contribution in [0.2, 0.25) is 0 Å². The lowest BCUT2D eigenvalue weighted by Crippen LogP contribution is -2.35. The second-order valence-corrected chi connectivity index (χ2v) is 6.32. The summed E-state index contributed by atoms with van der Waals surface area (Å²) in [5.74, 6) is 3.48. The molecule has 1 aliphatic rings. The van der Waals surface area contributed by atoms with E-state index in [1.807, 2.05) is 0 Å². The topological polar surface area (TPSA) is 12.0 Å². The summed E-state index contributed by atoms with van der Waals surface area (Å²) in [4.78, 5) is 0. The van der Waals surface area contributed by atoms with E-state index >= 15 is 0 Å². The first kappa shape index (κ1) is 12.5. The molecule has 1 nitrogen and oxygen atoms in total. The van der Waals surface area contributed by atoms with Gasteiger partial charge in [-0.15, -0.1) is 0 Å². The number of hydrogen-bond acceptors (Lipinski definition) is 2. The normalized spacial score (nSPS) is 22.2. The molecule has 0 aliphatic carbocycles. The Labute approximate surface area is 111 Å². The quantitative estimate of drug-likeness (QED) is 0.915. The van der Waals surface area contributed by atoms with Crippen molar-refractivity contribution in [2.24, 2.45) is 5.92 Å². The summed E-state index contributed by atoms with van der Waals surface area (Å²) < 4.78 is 1.24. The first-order chi connectivity index (χ1) is 7.81. The number of rotatable bonds is 4. The third-order valence-electron chi connectivity index (χ3n) is 3.30. The van der Waals surface area contributed by atoms with Crippen molar-refractivity contribution in [1.29, 1.82) is 0 Å². The van der Waals surface area contributed by atoms with Crippen molar-refractivity contribution < 1.29 is 0 Å². The van der Waals surface area contributed by atoms with Crippen molar-refractivity contribution in [3.8, 4) is 0 Å². The van der Waals surface area contributed by atoms with Crippen LogP contribution in [0.1, 0.15) is 12.0 Å². The van der Waals surface area contributed by atoms with Gasteiger partial charge >= 0.3 is 0 Å².